The van der Waals surface area contributed by atoms with E-state index in [1.807, 2.05) is 6.92 Å². The largest absolute Gasteiger partial charge is 0.486 e. The molecule has 0 aliphatic carbocycles. The molecule has 0 heterocycles. The summed E-state index contributed by atoms with van der Waals surface area (Å²) in [6, 6.07) is 4.76. The summed E-state index contributed by atoms with van der Waals surface area (Å²) in [7, 11) is 0. The average molecular weight is 260 g/mol. The first-order valence-corrected chi connectivity index (χ1v) is 6.20. The molecule has 1 rings (SSSR count). The summed E-state index contributed by atoms with van der Waals surface area (Å²) in [5.74, 6) is 0.298. The van der Waals surface area contributed by atoms with Crippen LogP contribution in [-0.2, 0) is 0 Å². The number of rotatable bonds is 6. The zero-order chi connectivity index (χ0) is 12.8. The minimum absolute atomic E-state index is 0.0878. The van der Waals surface area contributed by atoms with E-state index in [4.69, 9.17) is 16.3 Å². The fraction of sp³-hybridized carbons (Fsp3) is 0.538. The summed E-state index contributed by atoms with van der Waals surface area (Å²) in [6.45, 7) is 7.77. The molecule has 96 valence electrons. The highest BCUT2D eigenvalue weighted by molar-refractivity contribution is 6.30. The lowest BCUT2D eigenvalue weighted by atomic mass is 10.2. The molecule has 1 N–H and O–H groups in total. The van der Waals surface area contributed by atoms with Gasteiger partial charge in [0.1, 0.15) is 6.10 Å². The van der Waals surface area contributed by atoms with Crippen LogP contribution in [-0.4, -0.2) is 19.2 Å². The highest BCUT2D eigenvalue weighted by Crippen LogP contribution is 2.24. The Kier molecular flexibility index (Phi) is 5.72. The topological polar surface area (TPSA) is 21.3 Å². The lowest BCUT2D eigenvalue weighted by Gasteiger charge is -2.17. The second-order valence-electron chi connectivity index (χ2n) is 4.53. The molecule has 0 saturated heterocycles. The number of halogens is 2. The molecule has 17 heavy (non-hydrogen) atoms. The summed E-state index contributed by atoms with van der Waals surface area (Å²) in [5.41, 5.74) is 0. The first-order chi connectivity index (χ1) is 8.00. The predicted molar refractivity (Wildman–Crippen MR) is 69.2 cm³/mol. The zero-order valence-electron chi connectivity index (χ0n) is 10.5. The van der Waals surface area contributed by atoms with Gasteiger partial charge in [-0.3, -0.25) is 0 Å². The third-order valence-electron chi connectivity index (χ3n) is 2.23. The van der Waals surface area contributed by atoms with E-state index in [1.54, 1.807) is 12.1 Å². The SMILES string of the molecule is CC(C)CNCC(C)Oc1cccc(Cl)c1F. The highest BCUT2D eigenvalue weighted by atomic mass is 35.5. The number of hydrogen-bond donors (Lipinski definition) is 1. The third-order valence-corrected chi connectivity index (χ3v) is 2.52. The maximum absolute atomic E-state index is 13.5. The van der Waals surface area contributed by atoms with Crippen molar-refractivity contribution in [3.8, 4) is 5.75 Å². The molecule has 0 amide bonds. The Morgan fingerprint density at radius 3 is 2.65 bits per heavy atom. The van der Waals surface area contributed by atoms with Gasteiger partial charge in [-0.15, -0.1) is 0 Å². The van der Waals surface area contributed by atoms with Crippen molar-refractivity contribution in [3.63, 3.8) is 0 Å². The number of benzene rings is 1. The van der Waals surface area contributed by atoms with Crippen molar-refractivity contribution in [3.05, 3.63) is 29.0 Å². The van der Waals surface area contributed by atoms with Crippen LogP contribution in [0, 0.1) is 11.7 Å². The second-order valence-corrected chi connectivity index (χ2v) is 4.94. The van der Waals surface area contributed by atoms with Crippen molar-refractivity contribution in [2.75, 3.05) is 13.1 Å². The van der Waals surface area contributed by atoms with Gasteiger partial charge < -0.3 is 10.1 Å². The summed E-state index contributed by atoms with van der Waals surface area (Å²) in [4.78, 5) is 0. The lowest BCUT2D eigenvalue weighted by Crippen LogP contribution is -2.31. The van der Waals surface area contributed by atoms with E-state index < -0.39 is 5.82 Å². The smallest absolute Gasteiger partial charge is 0.183 e. The van der Waals surface area contributed by atoms with Crippen molar-refractivity contribution in [1.82, 2.24) is 5.32 Å². The van der Waals surface area contributed by atoms with Crippen molar-refractivity contribution >= 4 is 11.6 Å². The van der Waals surface area contributed by atoms with Crippen LogP contribution in [0.4, 0.5) is 4.39 Å². The van der Waals surface area contributed by atoms with Crippen LogP contribution in [0.5, 0.6) is 5.75 Å². The Labute approximate surface area is 107 Å². The Bertz CT molecular complexity index is 357. The maximum Gasteiger partial charge on any atom is 0.183 e. The predicted octanol–water partition coefficient (Wildman–Crippen LogP) is 3.49. The molecule has 0 radical (unpaired) electrons. The Hall–Kier alpha value is -0.800. The van der Waals surface area contributed by atoms with Crippen molar-refractivity contribution in [2.24, 2.45) is 5.92 Å². The van der Waals surface area contributed by atoms with Gasteiger partial charge in [-0.1, -0.05) is 31.5 Å². The summed E-state index contributed by atoms with van der Waals surface area (Å²) >= 11 is 5.67. The van der Waals surface area contributed by atoms with Crippen molar-refractivity contribution in [1.29, 1.82) is 0 Å². The number of hydrogen-bond acceptors (Lipinski definition) is 2. The minimum atomic E-state index is -0.495. The van der Waals surface area contributed by atoms with Crippen LogP contribution in [0.1, 0.15) is 20.8 Å². The van der Waals surface area contributed by atoms with Gasteiger partial charge in [0.25, 0.3) is 0 Å². The molecule has 1 unspecified atom stereocenters. The molecule has 1 aromatic rings. The van der Waals surface area contributed by atoms with E-state index >= 15 is 0 Å². The number of nitrogens with one attached hydrogen (secondary N) is 1. The standard InChI is InChI=1S/C13H19ClFNO/c1-9(2)7-16-8-10(3)17-12-6-4-5-11(14)13(12)15/h4-6,9-10,16H,7-8H2,1-3H3. The van der Waals surface area contributed by atoms with Crippen LogP contribution >= 0.6 is 11.6 Å². The van der Waals surface area contributed by atoms with E-state index in [1.165, 1.54) is 6.07 Å². The van der Waals surface area contributed by atoms with Crippen LogP contribution in [0.15, 0.2) is 18.2 Å². The molecule has 4 heteroatoms. The average Bonchev–Trinajstić information content (AvgIpc) is 2.24. The van der Waals surface area contributed by atoms with E-state index in [-0.39, 0.29) is 16.9 Å². The Morgan fingerprint density at radius 1 is 1.29 bits per heavy atom. The molecule has 0 aliphatic heterocycles. The molecule has 0 fully saturated rings. The highest BCUT2D eigenvalue weighted by Gasteiger charge is 2.10. The molecule has 1 atom stereocenters. The van der Waals surface area contributed by atoms with Gasteiger partial charge >= 0.3 is 0 Å². The first kappa shape index (κ1) is 14.3. The summed E-state index contributed by atoms with van der Waals surface area (Å²) < 4.78 is 19.0. The monoisotopic (exact) mass is 259 g/mol. The van der Waals surface area contributed by atoms with Gasteiger partial charge in [0, 0.05) is 6.54 Å². The van der Waals surface area contributed by atoms with Gasteiger partial charge in [0.05, 0.1) is 5.02 Å². The summed E-state index contributed by atoms with van der Waals surface area (Å²) in [6.07, 6.45) is -0.0956. The fourth-order valence-electron chi connectivity index (χ4n) is 1.41. The molecule has 0 bridgehead atoms. The molecule has 0 aliphatic rings. The van der Waals surface area contributed by atoms with Crippen LogP contribution in [0.25, 0.3) is 0 Å². The van der Waals surface area contributed by atoms with Gasteiger partial charge in [0.2, 0.25) is 0 Å². The Morgan fingerprint density at radius 2 is 2.00 bits per heavy atom. The molecule has 0 saturated carbocycles. The first-order valence-electron chi connectivity index (χ1n) is 5.82. The Balaban J connectivity index is 2.45. The van der Waals surface area contributed by atoms with E-state index in [2.05, 4.69) is 19.2 Å². The number of ether oxygens (including phenoxy) is 1. The van der Waals surface area contributed by atoms with E-state index in [9.17, 15) is 4.39 Å². The van der Waals surface area contributed by atoms with E-state index in [0.29, 0.717) is 12.5 Å². The minimum Gasteiger partial charge on any atom is -0.486 e. The molecule has 1 aromatic carbocycles. The zero-order valence-corrected chi connectivity index (χ0v) is 11.2. The van der Waals surface area contributed by atoms with Gasteiger partial charge in [0.15, 0.2) is 11.6 Å². The quantitative estimate of drug-likeness (QED) is 0.844. The van der Waals surface area contributed by atoms with Crippen LogP contribution < -0.4 is 10.1 Å². The van der Waals surface area contributed by atoms with Gasteiger partial charge in [-0.05, 0) is 31.5 Å². The third kappa shape index (κ3) is 4.92. The molecule has 0 spiro atoms. The van der Waals surface area contributed by atoms with E-state index in [0.717, 1.165) is 6.54 Å². The lowest BCUT2D eigenvalue weighted by molar-refractivity contribution is 0.206. The summed E-state index contributed by atoms with van der Waals surface area (Å²) in [5, 5.41) is 3.35. The molecular weight excluding hydrogens is 241 g/mol. The normalized spacial score (nSPS) is 12.8. The maximum atomic E-state index is 13.5. The van der Waals surface area contributed by atoms with Crippen LogP contribution in [0.2, 0.25) is 5.02 Å². The molecular formula is C13H19ClFNO. The fourth-order valence-corrected chi connectivity index (χ4v) is 1.57. The van der Waals surface area contributed by atoms with Crippen molar-refractivity contribution in [2.45, 2.75) is 26.9 Å². The van der Waals surface area contributed by atoms with Crippen LogP contribution in [0.3, 0.4) is 0 Å². The van der Waals surface area contributed by atoms with Gasteiger partial charge in [-0.25, -0.2) is 4.39 Å². The van der Waals surface area contributed by atoms with Gasteiger partial charge in [-0.2, -0.15) is 0 Å². The van der Waals surface area contributed by atoms with Crippen molar-refractivity contribution < 1.29 is 9.13 Å². The second kappa shape index (κ2) is 6.82. The molecule has 0 aromatic heterocycles. The molecule has 2 nitrogen and oxygen atoms in total.